The van der Waals surface area contributed by atoms with Crippen LogP contribution in [0.1, 0.15) is 30.0 Å². The van der Waals surface area contributed by atoms with Gasteiger partial charge in [0.15, 0.2) is 0 Å². The van der Waals surface area contributed by atoms with Crippen LogP contribution in [0, 0.1) is 0 Å². The van der Waals surface area contributed by atoms with Gasteiger partial charge >= 0.3 is 0 Å². The molecule has 1 unspecified atom stereocenters. The van der Waals surface area contributed by atoms with Gasteiger partial charge < -0.3 is 4.48 Å². The van der Waals surface area contributed by atoms with Crippen molar-refractivity contribution in [3.63, 3.8) is 0 Å². The molecule has 0 radical (unpaired) electrons. The van der Waals surface area contributed by atoms with E-state index < -0.39 is 0 Å². The average Bonchev–Trinajstić information content (AvgIpc) is 2.85. The monoisotopic (exact) mass is 321 g/mol. The van der Waals surface area contributed by atoms with Crippen molar-refractivity contribution in [1.82, 2.24) is 4.98 Å². The Morgan fingerprint density at radius 1 is 1.24 bits per heavy atom. The number of benzene rings is 1. The molecule has 2 atom stereocenters. The lowest BCUT2D eigenvalue weighted by Gasteiger charge is -2.36. The van der Waals surface area contributed by atoms with Crippen LogP contribution in [0.5, 0.6) is 0 Å². The average molecular weight is 322 g/mol. The highest BCUT2D eigenvalue weighted by Crippen LogP contribution is 2.39. The highest BCUT2D eigenvalue weighted by Gasteiger charge is 2.39. The first kappa shape index (κ1) is 14.8. The Bertz CT molecular complexity index is 630. The molecule has 2 heterocycles. The van der Waals surface area contributed by atoms with E-state index in [-0.39, 0.29) is 0 Å². The highest BCUT2D eigenvalue weighted by molar-refractivity contribution is 6.42. The Kier molecular flexibility index (Phi) is 4.21. The maximum Gasteiger partial charge on any atom is 0.116 e. The molecular weight excluding hydrogens is 303 g/mol. The number of halogens is 2. The van der Waals surface area contributed by atoms with Crippen LogP contribution in [-0.4, -0.2) is 23.1 Å². The van der Waals surface area contributed by atoms with E-state index in [1.165, 1.54) is 30.5 Å². The lowest BCUT2D eigenvalue weighted by Crippen LogP contribution is -2.42. The number of aromatic nitrogens is 1. The smallest absolute Gasteiger partial charge is 0.116 e. The molecule has 0 aliphatic carbocycles. The van der Waals surface area contributed by atoms with E-state index in [9.17, 15) is 0 Å². The van der Waals surface area contributed by atoms with Gasteiger partial charge in [-0.1, -0.05) is 35.3 Å². The van der Waals surface area contributed by atoms with Crippen molar-refractivity contribution in [2.24, 2.45) is 0 Å². The summed E-state index contributed by atoms with van der Waals surface area (Å²) in [6.45, 7) is 2.15. The van der Waals surface area contributed by atoms with Crippen molar-refractivity contribution >= 4 is 23.2 Å². The molecule has 1 aromatic carbocycles. The summed E-state index contributed by atoms with van der Waals surface area (Å²) in [6, 6.07) is 10.7. The maximum atomic E-state index is 6.15. The van der Waals surface area contributed by atoms with Gasteiger partial charge in [-0.05, 0) is 18.2 Å². The molecule has 0 spiro atoms. The standard InChI is InChI=1S/C17H19Cl2N2/c1-21(12-13-6-7-15(18)16(19)10-13)9-3-5-17(21)14-4-2-8-20-11-14/h2,4,6-8,10-11,17H,3,5,9,12H2,1H3/q+1/t17-,21?/m0/s1. The molecule has 1 aromatic heterocycles. The van der Waals surface area contributed by atoms with Crippen LogP contribution >= 0.6 is 23.2 Å². The van der Waals surface area contributed by atoms with Crippen molar-refractivity contribution in [3.8, 4) is 0 Å². The first-order chi connectivity index (χ1) is 10.1. The summed E-state index contributed by atoms with van der Waals surface area (Å²) >= 11 is 12.2. The minimum absolute atomic E-state index is 0.508. The molecule has 0 amide bonds. The number of nitrogens with zero attached hydrogens (tertiary/aromatic N) is 2. The van der Waals surface area contributed by atoms with Gasteiger partial charge in [0.05, 0.1) is 23.6 Å². The molecule has 1 fully saturated rings. The fourth-order valence-corrected chi connectivity index (χ4v) is 3.78. The molecule has 21 heavy (non-hydrogen) atoms. The molecule has 2 nitrogen and oxygen atoms in total. The summed E-state index contributed by atoms with van der Waals surface area (Å²) in [5.41, 5.74) is 2.57. The molecule has 0 saturated carbocycles. The summed E-state index contributed by atoms with van der Waals surface area (Å²) in [4.78, 5) is 4.28. The zero-order chi connectivity index (χ0) is 14.9. The highest BCUT2D eigenvalue weighted by atomic mass is 35.5. The number of likely N-dealkylation sites (tertiary alicyclic amines) is 1. The fraction of sp³-hybridized carbons (Fsp3) is 0.353. The number of hydrogen-bond acceptors (Lipinski definition) is 1. The number of hydrogen-bond donors (Lipinski definition) is 0. The summed E-state index contributed by atoms with van der Waals surface area (Å²) in [6.07, 6.45) is 6.30. The predicted octanol–water partition coefficient (Wildman–Crippen LogP) is 4.87. The Hall–Kier alpha value is -1.09. The number of quaternary nitrogens is 1. The molecule has 1 aliphatic heterocycles. The Labute approximate surface area is 135 Å². The van der Waals surface area contributed by atoms with E-state index in [0.29, 0.717) is 16.1 Å². The molecular formula is C17H19Cl2N2+. The quantitative estimate of drug-likeness (QED) is 0.735. The van der Waals surface area contributed by atoms with Crippen LogP contribution in [0.4, 0.5) is 0 Å². The van der Waals surface area contributed by atoms with Crippen molar-refractivity contribution in [3.05, 3.63) is 63.9 Å². The van der Waals surface area contributed by atoms with Gasteiger partial charge in [-0.15, -0.1) is 0 Å². The van der Waals surface area contributed by atoms with Gasteiger partial charge in [-0.2, -0.15) is 0 Å². The van der Waals surface area contributed by atoms with Crippen LogP contribution in [0.2, 0.25) is 10.0 Å². The second kappa shape index (κ2) is 5.96. The summed E-state index contributed by atoms with van der Waals surface area (Å²) in [5.74, 6) is 0. The summed E-state index contributed by atoms with van der Waals surface area (Å²) < 4.78 is 1.00. The normalized spacial score (nSPS) is 25.2. The van der Waals surface area contributed by atoms with Crippen LogP contribution < -0.4 is 0 Å². The molecule has 3 rings (SSSR count). The van der Waals surface area contributed by atoms with Gasteiger partial charge in [0.2, 0.25) is 0 Å². The molecule has 1 aliphatic rings. The SMILES string of the molecule is C[N+]1(Cc2ccc(Cl)c(Cl)c2)CCC[C@H]1c1cccnc1. The lowest BCUT2D eigenvalue weighted by atomic mass is 10.0. The Morgan fingerprint density at radius 3 is 2.81 bits per heavy atom. The van der Waals surface area contributed by atoms with Gasteiger partial charge in [-0.3, -0.25) is 4.98 Å². The first-order valence-corrected chi connectivity index (χ1v) is 8.02. The Balaban J connectivity index is 1.86. The zero-order valence-corrected chi connectivity index (χ0v) is 13.6. The summed E-state index contributed by atoms with van der Waals surface area (Å²) in [7, 11) is 2.33. The predicted molar refractivity (Wildman–Crippen MR) is 87.4 cm³/mol. The van der Waals surface area contributed by atoms with E-state index in [0.717, 1.165) is 11.0 Å². The van der Waals surface area contributed by atoms with Crippen molar-refractivity contribution < 1.29 is 4.48 Å². The third-order valence-electron chi connectivity index (χ3n) is 4.50. The first-order valence-electron chi connectivity index (χ1n) is 7.26. The lowest BCUT2D eigenvalue weighted by molar-refractivity contribution is -0.939. The molecule has 2 aromatic rings. The largest absolute Gasteiger partial charge is 0.316 e. The molecule has 0 bridgehead atoms. The zero-order valence-electron chi connectivity index (χ0n) is 12.1. The van der Waals surface area contributed by atoms with Crippen molar-refractivity contribution in [2.45, 2.75) is 25.4 Å². The topological polar surface area (TPSA) is 12.9 Å². The van der Waals surface area contributed by atoms with Crippen LogP contribution in [-0.2, 0) is 6.54 Å². The third kappa shape index (κ3) is 3.08. The van der Waals surface area contributed by atoms with E-state index in [1.807, 2.05) is 30.6 Å². The molecule has 110 valence electrons. The second-order valence-electron chi connectivity index (χ2n) is 6.05. The van der Waals surface area contributed by atoms with Crippen molar-refractivity contribution in [2.75, 3.05) is 13.6 Å². The molecule has 4 heteroatoms. The van der Waals surface area contributed by atoms with E-state index in [1.54, 1.807) is 0 Å². The summed E-state index contributed by atoms with van der Waals surface area (Å²) in [5, 5.41) is 1.26. The van der Waals surface area contributed by atoms with Gasteiger partial charge in [-0.25, -0.2) is 0 Å². The fourth-order valence-electron chi connectivity index (χ4n) is 3.46. The van der Waals surface area contributed by atoms with Gasteiger partial charge in [0.25, 0.3) is 0 Å². The molecule has 1 saturated heterocycles. The number of pyridine rings is 1. The van der Waals surface area contributed by atoms with Gasteiger partial charge in [0, 0.05) is 36.4 Å². The minimum atomic E-state index is 0.508. The van der Waals surface area contributed by atoms with Gasteiger partial charge in [0.1, 0.15) is 12.6 Å². The van der Waals surface area contributed by atoms with E-state index >= 15 is 0 Å². The maximum absolute atomic E-state index is 6.15. The van der Waals surface area contributed by atoms with E-state index in [4.69, 9.17) is 23.2 Å². The molecule has 0 N–H and O–H groups in total. The minimum Gasteiger partial charge on any atom is -0.316 e. The van der Waals surface area contributed by atoms with Crippen LogP contribution in [0.15, 0.2) is 42.7 Å². The number of rotatable bonds is 3. The van der Waals surface area contributed by atoms with Crippen LogP contribution in [0.25, 0.3) is 0 Å². The van der Waals surface area contributed by atoms with Crippen LogP contribution in [0.3, 0.4) is 0 Å². The second-order valence-corrected chi connectivity index (χ2v) is 6.87. The van der Waals surface area contributed by atoms with Crippen molar-refractivity contribution in [1.29, 1.82) is 0 Å². The van der Waals surface area contributed by atoms with E-state index in [2.05, 4.69) is 24.2 Å². The Morgan fingerprint density at radius 2 is 2.10 bits per heavy atom. The third-order valence-corrected chi connectivity index (χ3v) is 5.23.